The molecule has 1 atom stereocenters. The van der Waals surface area contributed by atoms with E-state index in [1.54, 1.807) is 0 Å². The van der Waals surface area contributed by atoms with Crippen molar-refractivity contribution in [3.63, 3.8) is 0 Å². The molecule has 1 N–H and O–H groups in total. The third-order valence-corrected chi connectivity index (χ3v) is 1.35. The Kier molecular flexibility index (Phi) is 2.74. The molecule has 0 aromatic carbocycles. The van der Waals surface area contributed by atoms with Gasteiger partial charge in [0, 0.05) is 13.0 Å². The van der Waals surface area contributed by atoms with Crippen molar-refractivity contribution in [2.24, 2.45) is 0 Å². The van der Waals surface area contributed by atoms with Crippen molar-refractivity contribution in [3.8, 4) is 0 Å². The van der Waals surface area contributed by atoms with Crippen LogP contribution in [-0.4, -0.2) is 24.4 Å². The number of aliphatic hydroxyl groups excluding tert-OH is 1. The topological polar surface area (TPSA) is 29.5 Å². The molecule has 0 aromatic rings. The van der Waals surface area contributed by atoms with Crippen LogP contribution < -0.4 is 0 Å². The SMILES string of the molecule is O[C@H]1/C=C/CCOCC1. The van der Waals surface area contributed by atoms with Crippen molar-refractivity contribution in [2.75, 3.05) is 13.2 Å². The van der Waals surface area contributed by atoms with Gasteiger partial charge in [-0.15, -0.1) is 0 Å². The van der Waals surface area contributed by atoms with Gasteiger partial charge in [0.1, 0.15) is 0 Å². The van der Waals surface area contributed by atoms with E-state index in [0.29, 0.717) is 6.61 Å². The Morgan fingerprint density at radius 1 is 1.44 bits per heavy atom. The maximum Gasteiger partial charge on any atom is 0.0742 e. The predicted octanol–water partition coefficient (Wildman–Crippen LogP) is 0.714. The lowest BCUT2D eigenvalue weighted by molar-refractivity contribution is 0.0962. The lowest BCUT2D eigenvalue weighted by atomic mass is 10.2. The molecule has 0 spiro atoms. The van der Waals surface area contributed by atoms with Crippen LogP contribution >= 0.6 is 0 Å². The Balaban J connectivity index is 2.30. The van der Waals surface area contributed by atoms with Gasteiger partial charge in [-0.25, -0.2) is 0 Å². The van der Waals surface area contributed by atoms with Crippen molar-refractivity contribution < 1.29 is 9.84 Å². The Labute approximate surface area is 55.1 Å². The van der Waals surface area contributed by atoms with Gasteiger partial charge in [-0.05, 0) is 6.42 Å². The third kappa shape index (κ3) is 2.63. The Hall–Kier alpha value is -0.340. The Bertz CT molecular complexity index is 99.1. The minimum absolute atomic E-state index is 0.287. The van der Waals surface area contributed by atoms with E-state index in [9.17, 15) is 0 Å². The summed E-state index contributed by atoms with van der Waals surface area (Å²) in [5.41, 5.74) is 0. The van der Waals surface area contributed by atoms with E-state index in [2.05, 4.69) is 0 Å². The fourth-order valence-electron chi connectivity index (χ4n) is 0.807. The van der Waals surface area contributed by atoms with Crippen LogP contribution in [-0.2, 0) is 4.74 Å². The first-order valence-corrected chi connectivity index (χ1v) is 3.32. The van der Waals surface area contributed by atoms with E-state index in [4.69, 9.17) is 9.84 Å². The largest absolute Gasteiger partial charge is 0.389 e. The zero-order valence-electron chi connectivity index (χ0n) is 5.42. The summed E-state index contributed by atoms with van der Waals surface area (Å²) in [4.78, 5) is 0. The van der Waals surface area contributed by atoms with Gasteiger partial charge < -0.3 is 9.84 Å². The average Bonchev–Trinajstić information content (AvgIpc) is 1.79. The van der Waals surface area contributed by atoms with Crippen LogP contribution in [0.4, 0.5) is 0 Å². The van der Waals surface area contributed by atoms with Gasteiger partial charge in [0.2, 0.25) is 0 Å². The summed E-state index contributed by atoms with van der Waals surface area (Å²) in [5, 5.41) is 9.05. The smallest absolute Gasteiger partial charge is 0.0742 e. The third-order valence-electron chi connectivity index (χ3n) is 1.35. The first-order chi connectivity index (χ1) is 4.39. The molecule has 52 valence electrons. The molecule has 0 bridgehead atoms. The zero-order chi connectivity index (χ0) is 6.53. The van der Waals surface area contributed by atoms with Crippen molar-refractivity contribution >= 4 is 0 Å². The fraction of sp³-hybridized carbons (Fsp3) is 0.714. The van der Waals surface area contributed by atoms with Gasteiger partial charge in [0.25, 0.3) is 0 Å². The quantitative estimate of drug-likeness (QED) is 0.487. The van der Waals surface area contributed by atoms with Gasteiger partial charge in [-0.2, -0.15) is 0 Å². The molecular formula is C7H12O2. The van der Waals surface area contributed by atoms with Gasteiger partial charge >= 0.3 is 0 Å². The highest BCUT2D eigenvalue weighted by molar-refractivity contribution is 4.89. The van der Waals surface area contributed by atoms with Crippen molar-refractivity contribution in [1.29, 1.82) is 0 Å². The second-order valence-electron chi connectivity index (χ2n) is 2.19. The second-order valence-corrected chi connectivity index (χ2v) is 2.19. The van der Waals surface area contributed by atoms with Crippen LogP contribution in [0.5, 0.6) is 0 Å². The van der Waals surface area contributed by atoms with E-state index in [-0.39, 0.29) is 6.10 Å². The van der Waals surface area contributed by atoms with E-state index < -0.39 is 0 Å². The maximum absolute atomic E-state index is 9.05. The monoisotopic (exact) mass is 128 g/mol. The second kappa shape index (κ2) is 3.64. The molecule has 0 saturated carbocycles. The number of hydrogen-bond acceptors (Lipinski definition) is 2. The number of ether oxygens (including phenoxy) is 1. The minimum atomic E-state index is -0.287. The number of rotatable bonds is 0. The summed E-state index contributed by atoms with van der Waals surface area (Å²) in [6.07, 6.45) is 5.17. The molecule has 2 heteroatoms. The molecule has 9 heavy (non-hydrogen) atoms. The summed E-state index contributed by atoms with van der Waals surface area (Å²) >= 11 is 0. The van der Waals surface area contributed by atoms with E-state index in [1.807, 2.05) is 12.2 Å². The molecule has 0 fully saturated rings. The molecule has 1 aliphatic heterocycles. The van der Waals surface area contributed by atoms with E-state index in [1.165, 1.54) is 0 Å². The zero-order valence-corrected chi connectivity index (χ0v) is 5.42. The number of hydrogen-bond donors (Lipinski definition) is 1. The molecule has 0 radical (unpaired) electrons. The van der Waals surface area contributed by atoms with Gasteiger partial charge in [-0.3, -0.25) is 0 Å². The van der Waals surface area contributed by atoms with Crippen molar-refractivity contribution in [2.45, 2.75) is 18.9 Å². The molecule has 0 aliphatic carbocycles. The lowest BCUT2D eigenvalue weighted by Gasteiger charge is -2.08. The highest BCUT2D eigenvalue weighted by Gasteiger charge is 2.00. The molecule has 1 heterocycles. The maximum atomic E-state index is 9.05. The molecule has 0 amide bonds. The van der Waals surface area contributed by atoms with E-state index in [0.717, 1.165) is 19.4 Å². The average molecular weight is 128 g/mol. The number of aliphatic hydroxyl groups is 1. The first kappa shape index (κ1) is 6.78. The summed E-state index contributed by atoms with van der Waals surface area (Å²) < 4.78 is 5.13. The predicted molar refractivity (Wildman–Crippen MR) is 35.2 cm³/mol. The van der Waals surface area contributed by atoms with Crippen molar-refractivity contribution in [1.82, 2.24) is 0 Å². The minimum Gasteiger partial charge on any atom is -0.389 e. The highest BCUT2D eigenvalue weighted by Crippen LogP contribution is 2.00. The molecule has 1 rings (SSSR count). The van der Waals surface area contributed by atoms with Gasteiger partial charge in [0.05, 0.1) is 12.7 Å². The molecule has 0 unspecified atom stereocenters. The Morgan fingerprint density at radius 3 is 3.22 bits per heavy atom. The van der Waals surface area contributed by atoms with Crippen LogP contribution in [0.3, 0.4) is 0 Å². The molecule has 1 aliphatic rings. The van der Waals surface area contributed by atoms with Crippen LogP contribution in [0, 0.1) is 0 Å². The summed E-state index contributed by atoms with van der Waals surface area (Å²) in [7, 11) is 0. The molecule has 0 aromatic heterocycles. The van der Waals surface area contributed by atoms with Crippen LogP contribution in [0.25, 0.3) is 0 Å². The summed E-state index contributed by atoms with van der Waals surface area (Å²) in [5.74, 6) is 0. The van der Waals surface area contributed by atoms with Gasteiger partial charge in [-0.1, -0.05) is 12.2 Å². The molecular weight excluding hydrogens is 116 g/mol. The van der Waals surface area contributed by atoms with E-state index >= 15 is 0 Å². The summed E-state index contributed by atoms with van der Waals surface area (Å²) in [6, 6.07) is 0. The van der Waals surface area contributed by atoms with Gasteiger partial charge in [0.15, 0.2) is 0 Å². The van der Waals surface area contributed by atoms with Crippen molar-refractivity contribution in [3.05, 3.63) is 12.2 Å². The van der Waals surface area contributed by atoms with Crippen LogP contribution in [0.15, 0.2) is 12.2 Å². The Morgan fingerprint density at radius 2 is 2.33 bits per heavy atom. The highest BCUT2D eigenvalue weighted by atomic mass is 16.5. The standard InChI is InChI=1S/C7H12O2/c8-7-3-1-2-5-9-6-4-7/h1,3,7-8H,2,4-6H2/b3-1+/t7-/m0/s1. The van der Waals surface area contributed by atoms with Crippen LogP contribution in [0.1, 0.15) is 12.8 Å². The first-order valence-electron chi connectivity index (χ1n) is 3.32. The fourth-order valence-corrected chi connectivity index (χ4v) is 0.807. The van der Waals surface area contributed by atoms with Crippen LogP contribution in [0.2, 0.25) is 0 Å². The lowest BCUT2D eigenvalue weighted by Crippen LogP contribution is -2.10. The normalized spacial score (nSPS) is 32.8. The molecule has 2 nitrogen and oxygen atoms in total. The molecule has 0 saturated heterocycles. The summed E-state index contributed by atoms with van der Waals surface area (Å²) in [6.45, 7) is 1.48.